The first-order valence-corrected chi connectivity index (χ1v) is 10.8. The van der Waals surface area contributed by atoms with Crippen LogP contribution in [0.15, 0.2) is 41.5 Å². The zero-order valence-electron chi connectivity index (χ0n) is 17.8. The van der Waals surface area contributed by atoms with Gasteiger partial charge in [0.1, 0.15) is 0 Å². The summed E-state index contributed by atoms with van der Waals surface area (Å²) in [6.07, 6.45) is 13.5. The minimum atomic E-state index is -0.861. The van der Waals surface area contributed by atoms with Gasteiger partial charge in [0.15, 0.2) is 0 Å². The normalized spacial score (nSPS) is 23.1. The van der Waals surface area contributed by atoms with Crippen molar-refractivity contribution in [3.63, 3.8) is 0 Å². The molecule has 0 saturated heterocycles. The molecule has 0 bridgehead atoms. The SMILES string of the molecule is C/C=C(\C=C(/CC)C1CCCCC1)C1Nc2ccc(C(=O)O)cc2CC1(C)C. The van der Waals surface area contributed by atoms with E-state index >= 15 is 0 Å². The summed E-state index contributed by atoms with van der Waals surface area (Å²) in [4.78, 5) is 11.3. The van der Waals surface area contributed by atoms with E-state index in [0.717, 1.165) is 30.0 Å². The predicted molar refractivity (Wildman–Crippen MR) is 117 cm³/mol. The molecule has 1 aliphatic carbocycles. The van der Waals surface area contributed by atoms with Gasteiger partial charge in [0.2, 0.25) is 0 Å². The molecule has 1 saturated carbocycles. The number of allylic oxidation sites excluding steroid dienone is 2. The van der Waals surface area contributed by atoms with E-state index in [4.69, 9.17) is 0 Å². The number of hydrogen-bond acceptors (Lipinski definition) is 2. The van der Waals surface area contributed by atoms with E-state index in [2.05, 4.69) is 45.2 Å². The lowest BCUT2D eigenvalue weighted by molar-refractivity contribution is 0.0696. The Hall–Kier alpha value is -2.03. The van der Waals surface area contributed by atoms with Crippen molar-refractivity contribution in [1.29, 1.82) is 0 Å². The maximum atomic E-state index is 11.3. The zero-order chi connectivity index (χ0) is 20.3. The summed E-state index contributed by atoms with van der Waals surface area (Å²) in [7, 11) is 0. The number of anilines is 1. The molecular formula is C25H35NO2. The molecule has 1 aromatic rings. The molecule has 1 fully saturated rings. The Kier molecular flexibility index (Phi) is 6.32. The van der Waals surface area contributed by atoms with E-state index in [1.807, 2.05) is 12.1 Å². The van der Waals surface area contributed by atoms with Gasteiger partial charge in [-0.05, 0) is 73.3 Å². The second-order valence-electron chi connectivity index (χ2n) is 9.12. The van der Waals surface area contributed by atoms with Crippen LogP contribution in [0.25, 0.3) is 0 Å². The third kappa shape index (κ3) is 4.34. The first kappa shape index (κ1) is 20.7. The van der Waals surface area contributed by atoms with Crippen molar-refractivity contribution in [3.05, 3.63) is 52.6 Å². The number of carbonyl (C=O) groups is 1. The summed E-state index contributed by atoms with van der Waals surface area (Å²) in [6, 6.07) is 5.69. The van der Waals surface area contributed by atoms with E-state index in [9.17, 15) is 9.90 Å². The van der Waals surface area contributed by atoms with Crippen LogP contribution in [0.1, 0.15) is 82.1 Å². The minimum Gasteiger partial charge on any atom is -0.478 e. The summed E-state index contributed by atoms with van der Waals surface area (Å²) < 4.78 is 0. The smallest absolute Gasteiger partial charge is 0.335 e. The molecule has 1 aliphatic heterocycles. The van der Waals surface area contributed by atoms with E-state index in [1.54, 1.807) is 11.6 Å². The van der Waals surface area contributed by atoms with Gasteiger partial charge < -0.3 is 10.4 Å². The largest absolute Gasteiger partial charge is 0.478 e. The summed E-state index contributed by atoms with van der Waals surface area (Å²) in [5.74, 6) is -0.120. The highest BCUT2D eigenvalue weighted by molar-refractivity contribution is 5.88. The van der Waals surface area contributed by atoms with Crippen LogP contribution in [0.3, 0.4) is 0 Å². The Morgan fingerprint density at radius 1 is 1.25 bits per heavy atom. The maximum absolute atomic E-state index is 11.3. The summed E-state index contributed by atoms with van der Waals surface area (Å²) in [5, 5.41) is 13.0. The quantitative estimate of drug-likeness (QED) is 0.564. The molecule has 1 aromatic carbocycles. The van der Waals surface area contributed by atoms with Gasteiger partial charge in [0.25, 0.3) is 0 Å². The third-order valence-electron chi connectivity index (χ3n) is 6.64. The molecule has 28 heavy (non-hydrogen) atoms. The number of aromatic carboxylic acids is 1. The van der Waals surface area contributed by atoms with Gasteiger partial charge in [-0.25, -0.2) is 4.79 Å². The van der Waals surface area contributed by atoms with Gasteiger partial charge >= 0.3 is 5.97 Å². The Morgan fingerprint density at radius 3 is 2.57 bits per heavy atom. The van der Waals surface area contributed by atoms with Gasteiger partial charge in [-0.2, -0.15) is 0 Å². The van der Waals surface area contributed by atoms with E-state index in [1.165, 1.54) is 37.7 Å². The van der Waals surface area contributed by atoms with Crippen LogP contribution in [0.5, 0.6) is 0 Å². The third-order valence-corrected chi connectivity index (χ3v) is 6.64. The highest BCUT2D eigenvalue weighted by Gasteiger charge is 2.36. The number of fused-ring (bicyclic) bond motifs is 1. The fourth-order valence-electron chi connectivity index (χ4n) is 5.02. The molecular weight excluding hydrogens is 346 g/mol. The van der Waals surface area contributed by atoms with Crippen LogP contribution in [0.4, 0.5) is 5.69 Å². The highest BCUT2D eigenvalue weighted by Crippen LogP contribution is 2.41. The summed E-state index contributed by atoms with van der Waals surface area (Å²) >= 11 is 0. The van der Waals surface area contributed by atoms with Crippen molar-refractivity contribution in [2.45, 2.75) is 78.7 Å². The first-order valence-electron chi connectivity index (χ1n) is 10.8. The molecule has 1 atom stereocenters. The van der Waals surface area contributed by atoms with Gasteiger partial charge in [-0.3, -0.25) is 0 Å². The van der Waals surface area contributed by atoms with Crippen molar-refractivity contribution < 1.29 is 9.90 Å². The molecule has 1 heterocycles. The first-order chi connectivity index (χ1) is 13.4. The Balaban J connectivity index is 1.90. The monoisotopic (exact) mass is 381 g/mol. The molecule has 152 valence electrons. The second-order valence-corrected chi connectivity index (χ2v) is 9.12. The molecule has 1 unspecified atom stereocenters. The number of hydrogen-bond donors (Lipinski definition) is 2. The van der Waals surface area contributed by atoms with Crippen LogP contribution in [-0.4, -0.2) is 17.1 Å². The highest BCUT2D eigenvalue weighted by atomic mass is 16.4. The van der Waals surface area contributed by atoms with E-state index < -0.39 is 5.97 Å². The summed E-state index contributed by atoms with van der Waals surface area (Å²) in [5.41, 5.74) is 5.50. The molecule has 0 amide bonds. The Bertz CT molecular complexity index is 782. The molecule has 2 N–H and O–H groups in total. The van der Waals surface area contributed by atoms with Gasteiger partial charge in [0, 0.05) is 5.69 Å². The predicted octanol–water partition coefficient (Wildman–Crippen LogP) is 6.61. The standard InChI is InChI=1S/C25H35NO2/c1-5-17(19-10-8-7-9-11-19)14-18(6-2)23-25(3,4)16-21-15-20(24(27)28)12-13-22(21)26-23/h6,12-15,19,23,26H,5,7-11,16H2,1-4H3,(H,27,28)/b17-14+,18-6+. The average Bonchev–Trinajstić information content (AvgIpc) is 2.68. The van der Waals surface area contributed by atoms with Gasteiger partial charge in [-0.1, -0.05) is 57.8 Å². The second kappa shape index (κ2) is 8.55. The number of rotatable bonds is 5. The van der Waals surface area contributed by atoms with Crippen molar-refractivity contribution in [2.75, 3.05) is 5.32 Å². The Labute approximate surface area is 169 Å². The fourth-order valence-corrected chi connectivity index (χ4v) is 5.02. The molecule has 0 aromatic heterocycles. The lowest BCUT2D eigenvalue weighted by Crippen LogP contribution is -2.43. The lowest BCUT2D eigenvalue weighted by atomic mass is 9.71. The summed E-state index contributed by atoms with van der Waals surface area (Å²) in [6.45, 7) is 8.99. The average molecular weight is 382 g/mol. The van der Waals surface area contributed by atoms with Gasteiger partial charge in [0.05, 0.1) is 11.6 Å². The molecule has 3 nitrogen and oxygen atoms in total. The van der Waals surface area contributed by atoms with Crippen molar-refractivity contribution in [3.8, 4) is 0 Å². The molecule has 0 spiro atoms. The van der Waals surface area contributed by atoms with E-state index in [-0.39, 0.29) is 11.5 Å². The van der Waals surface area contributed by atoms with Crippen LogP contribution in [0, 0.1) is 11.3 Å². The van der Waals surface area contributed by atoms with Crippen molar-refractivity contribution in [1.82, 2.24) is 0 Å². The number of nitrogens with one attached hydrogen (secondary N) is 1. The topological polar surface area (TPSA) is 49.3 Å². The minimum absolute atomic E-state index is 0.00782. The van der Waals surface area contributed by atoms with Crippen LogP contribution < -0.4 is 5.32 Å². The number of carboxylic acids is 1. The molecule has 2 aliphatic rings. The van der Waals surface area contributed by atoms with Gasteiger partial charge in [-0.15, -0.1) is 0 Å². The lowest BCUT2D eigenvalue weighted by Gasteiger charge is -2.42. The molecule has 0 radical (unpaired) electrons. The fraction of sp³-hybridized carbons (Fsp3) is 0.560. The maximum Gasteiger partial charge on any atom is 0.335 e. The number of carboxylic acid groups (broad SMARTS) is 1. The number of benzene rings is 1. The van der Waals surface area contributed by atoms with E-state index in [0.29, 0.717) is 5.56 Å². The van der Waals surface area contributed by atoms with Crippen LogP contribution in [-0.2, 0) is 6.42 Å². The van der Waals surface area contributed by atoms with Crippen molar-refractivity contribution in [2.24, 2.45) is 11.3 Å². The van der Waals surface area contributed by atoms with Crippen LogP contribution >= 0.6 is 0 Å². The molecule has 3 rings (SSSR count). The zero-order valence-corrected chi connectivity index (χ0v) is 17.8. The van der Waals surface area contributed by atoms with Crippen LogP contribution in [0.2, 0.25) is 0 Å². The Morgan fingerprint density at radius 2 is 1.96 bits per heavy atom. The molecule has 3 heteroatoms. The van der Waals surface area contributed by atoms with Crippen molar-refractivity contribution >= 4 is 11.7 Å².